The molecule has 0 aliphatic carbocycles. The topological polar surface area (TPSA) is 67.9 Å². The highest BCUT2D eigenvalue weighted by Crippen LogP contribution is 2.11. The SMILES string of the molecule is CN(CCn1c(=O)oc2ccccc21)CC(=O)N1CCOCC1. The molecular weight excluding hydrogens is 298 g/mol. The van der Waals surface area contributed by atoms with E-state index in [1.165, 1.54) is 0 Å². The van der Waals surface area contributed by atoms with Gasteiger partial charge in [-0.1, -0.05) is 12.1 Å². The van der Waals surface area contributed by atoms with Gasteiger partial charge in [-0.25, -0.2) is 4.79 Å². The lowest BCUT2D eigenvalue weighted by Gasteiger charge is -2.28. The third-order valence-corrected chi connectivity index (χ3v) is 4.05. The Morgan fingerprint density at radius 3 is 2.78 bits per heavy atom. The molecule has 3 rings (SSSR count). The zero-order chi connectivity index (χ0) is 16.2. The van der Waals surface area contributed by atoms with Gasteiger partial charge in [-0.3, -0.25) is 14.3 Å². The fourth-order valence-electron chi connectivity index (χ4n) is 2.72. The summed E-state index contributed by atoms with van der Waals surface area (Å²) in [5.74, 6) is -0.265. The van der Waals surface area contributed by atoms with Crippen molar-refractivity contribution in [2.24, 2.45) is 0 Å². The Morgan fingerprint density at radius 1 is 1.26 bits per heavy atom. The Bertz CT molecular complexity index is 730. The van der Waals surface area contributed by atoms with Gasteiger partial charge in [-0.05, 0) is 19.2 Å². The molecule has 2 aromatic rings. The first-order valence-electron chi connectivity index (χ1n) is 7.77. The van der Waals surface area contributed by atoms with Crippen LogP contribution in [0.1, 0.15) is 0 Å². The minimum Gasteiger partial charge on any atom is -0.408 e. The molecule has 1 amide bonds. The number of carbonyl (C=O) groups excluding carboxylic acids is 1. The molecule has 0 saturated carbocycles. The molecule has 1 saturated heterocycles. The Morgan fingerprint density at radius 2 is 2.00 bits per heavy atom. The standard InChI is InChI=1S/C16H21N3O4/c1-17(12-15(20)18-8-10-22-11-9-18)6-7-19-13-4-2-3-5-14(13)23-16(19)21/h2-5H,6-12H2,1H3. The van der Waals surface area contributed by atoms with Gasteiger partial charge in [0.05, 0.1) is 25.3 Å². The summed E-state index contributed by atoms with van der Waals surface area (Å²) >= 11 is 0. The van der Waals surface area contributed by atoms with Crippen molar-refractivity contribution < 1.29 is 13.9 Å². The first-order valence-corrected chi connectivity index (χ1v) is 7.77. The van der Waals surface area contributed by atoms with E-state index in [1.54, 1.807) is 10.6 Å². The van der Waals surface area contributed by atoms with Crippen molar-refractivity contribution >= 4 is 17.0 Å². The number of fused-ring (bicyclic) bond motifs is 1. The highest BCUT2D eigenvalue weighted by Gasteiger charge is 2.18. The van der Waals surface area contributed by atoms with E-state index in [0.717, 1.165) is 5.52 Å². The molecule has 1 aromatic heterocycles. The molecule has 124 valence electrons. The van der Waals surface area contributed by atoms with Crippen LogP contribution >= 0.6 is 0 Å². The van der Waals surface area contributed by atoms with Gasteiger partial charge >= 0.3 is 5.76 Å². The number of nitrogens with zero attached hydrogens (tertiary/aromatic N) is 3. The summed E-state index contributed by atoms with van der Waals surface area (Å²) in [5.41, 5.74) is 1.37. The average Bonchev–Trinajstić information content (AvgIpc) is 2.89. The van der Waals surface area contributed by atoms with Gasteiger partial charge in [0, 0.05) is 26.2 Å². The number of para-hydroxylation sites is 2. The summed E-state index contributed by atoms with van der Waals surface area (Å²) in [6.07, 6.45) is 0. The predicted octanol–water partition coefficient (Wildman–Crippen LogP) is 0.385. The van der Waals surface area contributed by atoms with Gasteiger partial charge in [0.25, 0.3) is 0 Å². The molecular formula is C16H21N3O4. The molecule has 7 nitrogen and oxygen atoms in total. The number of amides is 1. The van der Waals surface area contributed by atoms with Crippen LogP contribution in [0.2, 0.25) is 0 Å². The fourth-order valence-corrected chi connectivity index (χ4v) is 2.72. The third-order valence-electron chi connectivity index (χ3n) is 4.05. The minimum absolute atomic E-state index is 0.0974. The van der Waals surface area contributed by atoms with Crippen LogP contribution in [-0.2, 0) is 16.1 Å². The smallest absolute Gasteiger partial charge is 0.408 e. The summed E-state index contributed by atoms with van der Waals surface area (Å²) in [5, 5.41) is 0. The van der Waals surface area contributed by atoms with E-state index in [-0.39, 0.29) is 11.7 Å². The van der Waals surface area contributed by atoms with Crippen LogP contribution in [0.5, 0.6) is 0 Å². The van der Waals surface area contributed by atoms with Crippen LogP contribution in [-0.4, -0.2) is 66.7 Å². The van der Waals surface area contributed by atoms with E-state index in [9.17, 15) is 9.59 Å². The van der Waals surface area contributed by atoms with Gasteiger partial charge < -0.3 is 14.1 Å². The van der Waals surface area contributed by atoms with E-state index in [4.69, 9.17) is 9.15 Å². The number of morpholine rings is 1. The molecule has 1 aliphatic heterocycles. The van der Waals surface area contributed by atoms with Gasteiger partial charge in [0.1, 0.15) is 0 Å². The first-order chi connectivity index (χ1) is 11.1. The van der Waals surface area contributed by atoms with E-state index >= 15 is 0 Å². The number of rotatable bonds is 5. The number of hydrogen-bond donors (Lipinski definition) is 0. The second kappa shape index (κ2) is 6.97. The molecule has 7 heteroatoms. The van der Waals surface area contributed by atoms with Crippen molar-refractivity contribution in [3.8, 4) is 0 Å². The van der Waals surface area contributed by atoms with Gasteiger partial charge in [-0.15, -0.1) is 0 Å². The molecule has 0 atom stereocenters. The molecule has 1 fully saturated rings. The lowest BCUT2D eigenvalue weighted by molar-refractivity contribution is -0.136. The van der Waals surface area contributed by atoms with Crippen LogP contribution in [0.4, 0.5) is 0 Å². The summed E-state index contributed by atoms with van der Waals surface area (Å²) < 4.78 is 12.1. The van der Waals surface area contributed by atoms with Crippen molar-refractivity contribution in [2.75, 3.05) is 46.4 Å². The van der Waals surface area contributed by atoms with E-state index < -0.39 is 0 Å². The zero-order valence-electron chi connectivity index (χ0n) is 13.2. The summed E-state index contributed by atoms with van der Waals surface area (Å²) in [4.78, 5) is 27.8. The molecule has 23 heavy (non-hydrogen) atoms. The van der Waals surface area contributed by atoms with Crippen molar-refractivity contribution in [1.29, 1.82) is 0 Å². The Kier molecular flexibility index (Phi) is 4.78. The highest BCUT2D eigenvalue weighted by molar-refractivity contribution is 5.78. The maximum atomic E-state index is 12.2. The largest absolute Gasteiger partial charge is 0.419 e. The van der Waals surface area contributed by atoms with Crippen LogP contribution in [0.3, 0.4) is 0 Å². The van der Waals surface area contributed by atoms with Gasteiger partial charge in [0.2, 0.25) is 5.91 Å². The van der Waals surface area contributed by atoms with Crippen LogP contribution in [0.25, 0.3) is 11.1 Å². The second-order valence-electron chi connectivity index (χ2n) is 5.72. The predicted molar refractivity (Wildman–Crippen MR) is 85.4 cm³/mol. The maximum Gasteiger partial charge on any atom is 0.419 e. The molecule has 0 bridgehead atoms. The molecule has 1 aliphatic rings. The average molecular weight is 319 g/mol. The third kappa shape index (κ3) is 3.62. The van der Waals surface area contributed by atoms with Crippen molar-refractivity contribution in [1.82, 2.24) is 14.4 Å². The number of carbonyl (C=O) groups is 1. The normalized spacial score (nSPS) is 15.5. The number of oxazole rings is 1. The minimum atomic E-state index is -0.362. The van der Waals surface area contributed by atoms with E-state index in [2.05, 4.69) is 0 Å². The highest BCUT2D eigenvalue weighted by atomic mass is 16.5. The Labute approximate surface area is 134 Å². The van der Waals surface area contributed by atoms with Gasteiger partial charge in [0.15, 0.2) is 5.58 Å². The van der Waals surface area contributed by atoms with E-state index in [1.807, 2.05) is 35.0 Å². The Hall–Kier alpha value is -2.12. The number of likely N-dealkylation sites (N-methyl/N-ethyl adjacent to an activating group) is 1. The maximum absolute atomic E-state index is 12.2. The first kappa shape index (κ1) is 15.8. The molecule has 1 aromatic carbocycles. The van der Waals surface area contributed by atoms with E-state index in [0.29, 0.717) is 51.5 Å². The quantitative estimate of drug-likeness (QED) is 0.797. The molecule has 0 unspecified atom stereocenters. The fraction of sp³-hybridized carbons (Fsp3) is 0.500. The monoisotopic (exact) mass is 319 g/mol. The van der Waals surface area contributed by atoms with Crippen LogP contribution in [0.15, 0.2) is 33.5 Å². The number of ether oxygens (including phenoxy) is 1. The molecule has 0 spiro atoms. The lowest BCUT2D eigenvalue weighted by atomic mass is 10.3. The van der Waals surface area contributed by atoms with Crippen LogP contribution in [0, 0.1) is 0 Å². The Balaban J connectivity index is 1.57. The lowest BCUT2D eigenvalue weighted by Crippen LogP contribution is -2.45. The molecule has 2 heterocycles. The molecule has 0 radical (unpaired) electrons. The number of hydrogen-bond acceptors (Lipinski definition) is 5. The molecule has 0 N–H and O–H groups in total. The number of benzene rings is 1. The summed E-state index contributed by atoms with van der Waals surface area (Å²) in [7, 11) is 1.88. The van der Waals surface area contributed by atoms with Crippen LogP contribution < -0.4 is 5.76 Å². The van der Waals surface area contributed by atoms with Crippen molar-refractivity contribution in [3.05, 3.63) is 34.8 Å². The van der Waals surface area contributed by atoms with Gasteiger partial charge in [-0.2, -0.15) is 0 Å². The second-order valence-corrected chi connectivity index (χ2v) is 5.72. The number of aromatic nitrogens is 1. The van der Waals surface area contributed by atoms with Crippen molar-refractivity contribution in [3.63, 3.8) is 0 Å². The van der Waals surface area contributed by atoms with Crippen molar-refractivity contribution in [2.45, 2.75) is 6.54 Å². The summed E-state index contributed by atoms with van der Waals surface area (Å²) in [6.45, 7) is 3.93. The summed E-state index contributed by atoms with van der Waals surface area (Å²) in [6, 6.07) is 7.35. The zero-order valence-corrected chi connectivity index (χ0v) is 13.2.